The number of aromatic hydroxyl groups is 1. The van der Waals surface area contributed by atoms with Crippen molar-refractivity contribution in [2.75, 3.05) is 5.73 Å². The number of phenols is 1. The van der Waals surface area contributed by atoms with Gasteiger partial charge in [0.05, 0.1) is 5.69 Å². The van der Waals surface area contributed by atoms with Gasteiger partial charge in [0.25, 0.3) is 0 Å². The molecule has 0 spiro atoms. The third-order valence-corrected chi connectivity index (χ3v) is 2.83. The summed E-state index contributed by atoms with van der Waals surface area (Å²) in [5.41, 5.74) is 13.5. The second kappa shape index (κ2) is 4.68. The summed E-state index contributed by atoms with van der Waals surface area (Å²) < 4.78 is 0.767. The zero-order valence-corrected chi connectivity index (χ0v) is 10.2. The van der Waals surface area contributed by atoms with Gasteiger partial charge in [-0.1, -0.05) is 21.5 Å². The van der Waals surface area contributed by atoms with Crippen LogP contribution in [0.15, 0.2) is 28.8 Å². The van der Waals surface area contributed by atoms with Gasteiger partial charge in [-0.2, -0.15) is 0 Å². The molecule has 0 heterocycles. The van der Waals surface area contributed by atoms with E-state index in [9.17, 15) is 5.11 Å². The largest absolute Gasteiger partial charge is 0.505 e. The Balaban J connectivity index is 3.12. The molecule has 1 aromatic carbocycles. The number of halogens is 1. The lowest BCUT2D eigenvalue weighted by Gasteiger charge is -2.16. The maximum Gasteiger partial charge on any atom is 0.144 e. The van der Waals surface area contributed by atoms with Gasteiger partial charge in [-0.05, 0) is 25.5 Å². The molecule has 1 rings (SSSR count). The first kappa shape index (κ1) is 12.1. The summed E-state index contributed by atoms with van der Waals surface area (Å²) in [6, 6.07) is 3.12. The molecule has 0 saturated heterocycles. The van der Waals surface area contributed by atoms with E-state index >= 15 is 0 Å². The van der Waals surface area contributed by atoms with Crippen LogP contribution in [-0.2, 0) is 0 Å². The molecule has 0 bridgehead atoms. The van der Waals surface area contributed by atoms with E-state index in [1.165, 1.54) is 0 Å². The van der Waals surface area contributed by atoms with Crippen molar-refractivity contribution in [2.45, 2.75) is 19.4 Å². The fourth-order valence-electron chi connectivity index (χ4n) is 1.43. The lowest BCUT2D eigenvalue weighted by molar-refractivity contribution is 0.463. The summed E-state index contributed by atoms with van der Waals surface area (Å²) >= 11 is 3.35. The van der Waals surface area contributed by atoms with Crippen molar-refractivity contribution in [3.8, 4) is 5.75 Å². The van der Waals surface area contributed by atoms with Crippen LogP contribution in [0.2, 0.25) is 0 Å². The average molecular weight is 271 g/mol. The summed E-state index contributed by atoms with van der Waals surface area (Å²) in [5, 5.41) is 9.80. The number of nitrogen functional groups attached to an aromatic ring is 1. The number of hydrogen-bond donors (Lipinski definition) is 3. The van der Waals surface area contributed by atoms with Crippen LogP contribution in [0, 0.1) is 0 Å². The van der Waals surface area contributed by atoms with Gasteiger partial charge in [-0.25, -0.2) is 0 Å². The summed E-state index contributed by atoms with van der Waals surface area (Å²) in [6.07, 6.45) is 0.621. The van der Waals surface area contributed by atoms with Crippen LogP contribution >= 0.6 is 15.9 Å². The van der Waals surface area contributed by atoms with Crippen molar-refractivity contribution in [1.82, 2.24) is 0 Å². The van der Waals surface area contributed by atoms with Crippen molar-refractivity contribution < 1.29 is 5.11 Å². The predicted octanol–water partition coefficient (Wildman–Crippen LogP) is 2.70. The second-order valence-corrected chi connectivity index (χ2v) is 4.52. The highest BCUT2D eigenvalue weighted by molar-refractivity contribution is 9.10. The average Bonchev–Trinajstić information content (AvgIpc) is 2.11. The van der Waals surface area contributed by atoms with Crippen molar-refractivity contribution in [1.29, 1.82) is 0 Å². The molecule has 0 aliphatic carbocycles. The van der Waals surface area contributed by atoms with E-state index in [0.29, 0.717) is 17.7 Å². The number of nitrogens with two attached hydrogens (primary N) is 2. The maximum absolute atomic E-state index is 9.80. The molecule has 5 N–H and O–H groups in total. The minimum atomic E-state index is -0.291. The molecule has 82 valence electrons. The lowest BCUT2D eigenvalue weighted by Crippen LogP contribution is -2.12. The van der Waals surface area contributed by atoms with E-state index < -0.39 is 0 Å². The van der Waals surface area contributed by atoms with Crippen molar-refractivity contribution in [3.63, 3.8) is 0 Å². The highest BCUT2D eigenvalue weighted by Crippen LogP contribution is 2.37. The number of rotatable bonds is 3. The smallest absolute Gasteiger partial charge is 0.144 e. The minimum absolute atomic E-state index is 0.0538. The van der Waals surface area contributed by atoms with E-state index in [-0.39, 0.29) is 11.8 Å². The normalized spacial score (nSPS) is 12.5. The van der Waals surface area contributed by atoms with E-state index in [2.05, 4.69) is 22.5 Å². The molecule has 0 aliphatic heterocycles. The zero-order chi connectivity index (χ0) is 11.6. The van der Waals surface area contributed by atoms with Gasteiger partial charge >= 0.3 is 0 Å². The molecule has 0 unspecified atom stereocenters. The molecule has 1 aromatic rings. The molecule has 3 nitrogen and oxygen atoms in total. The number of anilines is 1. The summed E-state index contributed by atoms with van der Waals surface area (Å²) in [5.74, 6) is 0.0538. The first-order valence-corrected chi connectivity index (χ1v) is 5.39. The number of hydrogen-bond acceptors (Lipinski definition) is 3. The van der Waals surface area contributed by atoms with Gasteiger partial charge in [0.1, 0.15) is 5.75 Å². The first-order valence-electron chi connectivity index (χ1n) is 4.60. The Hall–Kier alpha value is -1.00. The van der Waals surface area contributed by atoms with Gasteiger partial charge in [0.2, 0.25) is 0 Å². The van der Waals surface area contributed by atoms with Gasteiger partial charge in [-0.15, -0.1) is 6.58 Å². The molecule has 4 heteroatoms. The molecule has 0 fully saturated rings. The Morgan fingerprint density at radius 3 is 2.73 bits per heavy atom. The van der Waals surface area contributed by atoms with Crippen LogP contribution in [0.3, 0.4) is 0 Å². The molecule has 0 radical (unpaired) electrons. The van der Waals surface area contributed by atoms with Gasteiger partial charge in [0, 0.05) is 16.1 Å². The lowest BCUT2D eigenvalue weighted by atomic mass is 10.00. The summed E-state index contributed by atoms with van der Waals surface area (Å²) in [6.45, 7) is 5.69. The van der Waals surface area contributed by atoms with Crippen molar-refractivity contribution in [2.24, 2.45) is 5.73 Å². The van der Waals surface area contributed by atoms with Crippen LogP contribution in [0.25, 0.3) is 0 Å². The molecular weight excluding hydrogens is 256 g/mol. The molecule has 0 aliphatic rings. The highest BCUT2D eigenvalue weighted by Gasteiger charge is 2.16. The molecular formula is C11H15BrN2O. The molecule has 15 heavy (non-hydrogen) atoms. The fourth-order valence-corrected chi connectivity index (χ4v) is 2.04. The van der Waals surface area contributed by atoms with Gasteiger partial charge in [0.15, 0.2) is 0 Å². The number of benzene rings is 1. The molecule has 0 aromatic heterocycles. The highest BCUT2D eigenvalue weighted by atomic mass is 79.9. The quantitative estimate of drug-likeness (QED) is 0.449. The minimum Gasteiger partial charge on any atom is -0.505 e. The Labute approximate surface area is 97.9 Å². The van der Waals surface area contributed by atoms with Gasteiger partial charge in [-0.3, -0.25) is 0 Å². The third kappa shape index (κ3) is 2.73. The Morgan fingerprint density at radius 2 is 2.20 bits per heavy atom. The predicted molar refractivity (Wildman–Crippen MR) is 66.6 cm³/mol. The Morgan fingerprint density at radius 1 is 1.60 bits per heavy atom. The molecule has 0 saturated carbocycles. The van der Waals surface area contributed by atoms with E-state index in [1.807, 2.05) is 6.92 Å². The van der Waals surface area contributed by atoms with Crippen LogP contribution in [0.1, 0.15) is 24.9 Å². The zero-order valence-electron chi connectivity index (χ0n) is 8.63. The van der Waals surface area contributed by atoms with Crippen LogP contribution in [-0.4, -0.2) is 5.11 Å². The van der Waals surface area contributed by atoms with Crippen LogP contribution < -0.4 is 11.5 Å². The Kier molecular flexibility index (Phi) is 3.77. The SMILES string of the molecule is C=C(C)C[C@H](N)c1c(Br)ccc(N)c1O. The standard InChI is InChI=1S/C11H15BrN2O/c1-6(2)5-9(14)10-7(12)3-4-8(13)11(10)15/h3-4,9,15H,1,5,13-14H2,2H3/t9-/m0/s1. The van der Waals surface area contributed by atoms with E-state index in [1.54, 1.807) is 12.1 Å². The first-order chi connectivity index (χ1) is 6.93. The van der Waals surface area contributed by atoms with E-state index in [4.69, 9.17) is 11.5 Å². The monoisotopic (exact) mass is 270 g/mol. The second-order valence-electron chi connectivity index (χ2n) is 3.67. The molecule has 0 amide bonds. The maximum atomic E-state index is 9.80. The van der Waals surface area contributed by atoms with E-state index in [0.717, 1.165) is 10.0 Å². The van der Waals surface area contributed by atoms with Crippen molar-refractivity contribution >= 4 is 21.6 Å². The van der Waals surface area contributed by atoms with Crippen LogP contribution in [0.5, 0.6) is 5.75 Å². The van der Waals surface area contributed by atoms with Gasteiger partial charge < -0.3 is 16.6 Å². The van der Waals surface area contributed by atoms with Crippen molar-refractivity contribution in [3.05, 3.63) is 34.3 Å². The van der Waals surface area contributed by atoms with Crippen LogP contribution in [0.4, 0.5) is 5.69 Å². The third-order valence-electron chi connectivity index (χ3n) is 2.13. The molecule has 1 atom stereocenters. The Bertz CT molecular complexity index is 390. The number of phenolic OH excluding ortho intramolecular Hbond substituents is 1. The topological polar surface area (TPSA) is 72.3 Å². The summed E-state index contributed by atoms with van der Waals surface area (Å²) in [7, 11) is 0. The fraction of sp³-hybridized carbons (Fsp3) is 0.273. The summed E-state index contributed by atoms with van der Waals surface area (Å²) in [4.78, 5) is 0.